The number of rotatable bonds is 9. The van der Waals surface area contributed by atoms with Crippen LogP contribution in [-0.4, -0.2) is 32.4 Å². The zero-order chi connectivity index (χ0) is 20.5. The molecule has 0 saturated heterocycles. The quantitative estimate of drug-likeness (QED) is 0.525. The molecule has 2 aromatic rings. The fourth-order valence-electron chi connectivity index (χ4n) is 2.59. The van der Waals surface area contributed by atoms with Crippen LogP contribution in [0.1, 0.15) is 35.6 Å². The summed E-state index contributed by atoms with van der Waals surface area (Å²) in [7, 11) is 1.59. The second-order valence-corrected chi connectivity index (χ2v) is 6.49. The van der Waals surface area contributed by atoms with E-state index in [1.165, 1.54) is 0 Å². The van der Waals surface area contributed by atoms with Crippen molar-refractivity contribution in [1.29, 1.82) is 0 Å². The number of carbonyl (C=O) groups is 1. The summed E-state index contributed by atoms with van der Waals surface area (Å²) in [6.07, 6.45) is 2.47. The largest absolute Gasteiger partial charge is 0.493 e. The van der Waals surface area contributed by atoms with Gasteiger partial charge in [0.15, 0.2) is 18.1 Å². The van der Waals surface area contributed by atoms with Crippen LogP contribution in [0.2, 0.25) is 0 Å². The third-order valence-corrected chi connectivity index (χ3v) is 4.27. The molecular weight excluding hydrogens is 356 g/mol. The van der Waals surface area contributed by atoms with Crippen LogP contribution < -0.4 is 19.6 Å². The van der Waals surface area contributed by atoms with Crippen molar-refractivity contribution in [2.75, 3.05) is 20.3 Å². The predicted octanol–water partition coefficient (Wildman–Crippen LogP) is 3.94. The van der Waals surface area contributed by atoms with Gasteiger partial charge in [0, 0.05) is 0 Å². The van der Waals surface area contributed by atoms with E-state index in [1.807, 2.05) is 52.0 Å². The Bertz CT molecular complexity index is 847. The van der Waals surface area contributed by atoms with Crippen LogP contribution in [0.15, 0.2) is 35.4 Å². The highest BCUT2D eigenvalue weighted by atomic mass is 16.5. The highest BCUT2D eigenvalue weighted by Crippen LogP contribution is 2.28. The molecule has 6 heteroatoms. The lowest BCUT2D eigenvalue weighted by atomic mass is 10.1. The molecule has 0 unspecified atom stereocenters. The van der Waals surface area contributed by atoms with E-state index in [0.29, 0.717) is 18.1 Å². The Hall–Kier alpha value is -3.02. The number of nitrogens with zero attached hydrogens (tertiary/aromatic N) is 1. The van der Waals surface area contributed by atoms with Crippen molar-refractivity contribution in [3.8, 4) is 17.2 Å². The molecule has 150 valence electrons. The fraction of sp³-hybridized carbons (Fsp3) is 0.364. The molecule has 28 heavy (non-hydrogen) atoms. The molecule has 0 bridgehead atoms. The molecule has 2 aromatic carbocycles. The van der Waals surface area contributed by atoms with Gasteiger partial charge in [-0.25, -0.2) is 5.43 Å². The first-order valence-electron chi connectivity index (χ1n) is 9.28. The SMILES string of the molecule is CCCOc1ccc(/C=N/NC(=O)COc2c(C)ccc(C)c2C)cc1OC. The van der Waals surface area contributed by atoms with Crippen molar-refractivity contribution < 1.29 is 19.0 Å². The van der Waals surface area contributed by atoms with E-state index in [-0.39, 0.29) is 12.5 Å². The summed E-state index contributed by atoms with van der Waals surface area (Å²) in [6, 6.07) is 9.49. The second kappa shape index (κ2) is 10.3. The molecule has 2 rings (SSSR count). The van der Waals surface area contributed by atoms with Crippen LogP contribution >= 0.6 is 0 Å². The minimum atomic E-state index is -0.327. The molecule has 0 atom stereocenters. The lowest BCUT2D eigenvalue weighted by Gasteiger charge is -2.13. The molecule has 6 nitrogen and oxygen atoms in total. The Labute approximate surface area is 166 Å². The summed E-state index contributed by atoms with van der Waals surface area (Å²) >= 11 is 0. The van der Waals surface area contributed by atoms with Gasteiger partial charge in [0.1, 0.15) is 5.75 Å². The molecular formula is C22H28N2O4. The van der Waals surface area contributed by atoms with E-state index in [0.717, 1.165) is 34.4 Å². The number of methoxy groups -OCH3 is 1. The zero-order valence-electron chi connectivity index (χ0n) is 17.2. The summed E-state index contributed by atoms with van der Waals surface area (Å²) < 4.78 is 16.6. The number of nitrogens with one attached hydrogen (secondary N) is 1. The molecule has 1 N–H and O–H groups in total. The van der Waals surface area contributed by atoms with Gasteiger partial charge < -0.3 is 14.2 Å². The number of hydrogen-bond acceptors (Lipinski definition) is 5. The van der Waals surface area contributed by atoms with Crippen LogP contribution in [0, 0.1) is 20.8 Å². The lowest BCUT2D eigenvalue weighted by molar-refractivity contribution is -0.123. The van der Waals surface area contributed by atoms with Gasteiger partial charge in [0.25, 0.3) is 5.91 Å². The van der Waals surface area contributed by atoms with Gasteiger partial charge in [-0.3, -0.25) is 4.79 Å². The van der Waals surface area contributed by atoms with Crippen molar-refractivity contribution >= 4 is 12.1 Å². The Morgan fingerprint density at radius 1 is 1.07 bits per heavy atom. The third kappa shape index (κ3) is 5.74. The van der Waals surface area contributed by atoms with E-state index < -0.39 is 0 Å². The van der Waals surface area contributed by atoms with Crippen molar-refractivity contribution in [3.63, 3.8) is 0 Å². The molecule has 0 spiro atoms. The van der Waals surface area contributed by atoms with Gasteiger partial charge >= 0.3 is 0 Å². The van der Waals surface area contributed by atoms with Crippen molar-refractivity contribution in [3.05, 3.63) is 52.6 Å². The number of hydrazone groups is 1. The smallest absolute Gasteiger partial charge is 0.277 e. The summed E-state index contributed by atoms with van der Waals surface area (Å²) in [4.78, 5) is 12.0. The number of benzene rings is 2. The molecule has 0 aliphatic heterocycles. The summed E-state index contributed by atoms with van der Waals surface area (Å²) in [5.74, 6) is 1.72. The van der Waals surface area contributed by atoms with Crippen LogP contribution in [0.5, 0.6) is 17.2 Å². The van der Waals surface area contributed by atoms with E-state index in [1.54, 1.807) is 19.4 Å². The number of hydrogen-bond donors (Lipinski definition) is 1. The van der Waals surface area contributed by atoms with Gasteiger partial charge in [-0.1, -0.05) is 19.1 Å². The number of aryl methyl sites for hydroxylation is 2. The maximum atomic E-state index is 12.0. The Balaban J connectivity index is 1.92. The monoisotopic (exact) mass is 384 g/mol. The molecule has 0 aromatic heterocycles. The highest BCUT2D eigenvalue weighted by Gasteiger charge is 2.09. The zero-order valence-corrected chi connectivity index (χ0v) is 17.2. The minimum absolute atomic E-state index is 0.102. The predicted molar refractivity (Wildman–Crippen MR) is 111 cm³/mol. The topological polar surface area (TPSA) is 69.2 Å². The van der Waals surface area contributed by atoms with Crippen LogP contribution in [0.25, 0.3) is 0 Å². The first-order chi connectivity index (χ1) is 13.5. The maximum absolute atomic E-state index is 12.0. The van der Waals surface area contributed by atoms with Crippen LogP contribution in [-0.2, 0) is 4.79 Å². The van der Waals surface area contributed by atoms with Gasteiger partial charge in [-0.15, -0.1) is 0 Å². The molecule has 0 heterocycles. The molecule has 0 saturated carbocycles. The van der Waals surface area contributed by atoms with E-state index in [2.05, 4.69) is 10.5 Å². The van der Waals surface area contributed by atoms with Gasteiger partial charge in [0.05, 0.1) is 19.9 Å². The maximum Gasteiger partial charge on any atom is 0.277 e. The van der Waals surface area contributed by atoms with Crippen LogP contribution in [0.3, 0.4) is 0 Å². The lowest BCUT2D eigenvalue weighted by Crippen LogP contribution is -2.25. The summed E-state index contributed by atoms with van der Waals surface area (Å²) in [5, 5.41) is 3.98. The number of carbonyl (C=O) groups excluding carboxylic acids is 1. The number of ether oxygens (including phenoxy) is 3. The first-order valence-corrected chi connectivity index (χ1v) is 9.28. The number of amides is 1. The molecule has 0 aliphatic rings. The van der Waals surface area contributed by atoms with Crippen molar-refractivity contribution in [1.82, 2.24) is 5.43 Å². The first kappa shape index (κ1) is 21.3. The minimum Gasteiger partial charge on any atom is -0.493 e. The standard InChI is InChI=1S/C22H28N2O4/c1-6-11-27-19-10-9-18(12-20(19)26-5)13-23-24-21(25)14-28-22-16(3)8-7-15(2)17(22)4/h7-10,12-13H,6,11,14H2,1-5H3,(H,24,25)/b23-13+. The Morgan fingerprint density at radius 3 is 2.54 bits per heavy atom. The third-order valence-electron chi connectivity index (χ3n) is 4.27. The second-order valence-electron chi connectivity index (χ2n) is 6.49. The van der Waals surface area contributed by atoms with Gasteiger partial charge in [-0.05, 0) is 67.6 Å². The normalized spacial score (nSPS) is 10.8. The molecule has 0 aliphatic carbocycles. The van der Waals surface area contributed by atoms with Crippen molar-refractivity contribution in [2.45, 2.75) is 34.1 Å². The van der Waals surface area contributed by atoms with E-state index in [4.69, 9.17) is 14.2 Å². The Morgan fingerprint density at radius 2 is 1.82 bits per heavy atom. The summed E-state index contributed by atoms with van der Waals surface area (Å²) in [6.45, 7) is 8.52. The van der Waals surface area contributed by atoms with Gasteiger partial charge in [-0.2, -0.15) is 5.10 Å². The van der Waals surface area contributed by atoms with E-state index in [9.17, 15) is 4.79 Å². The fourth-order valence-corrected chi connectivity index (χ4v) is 2.59. The summed E-state index contributed by atoms with van der Waals surface area (Å²) in [5.41, 5.74) is 6.42. The molecule has 0 fully saturated rings. The molecule has 1 amide bonds. The van der Waals surface area contributed by atoms with Crippen LogP contribution in [0.4, 0.5) is 0 Å². The average Bonchev–Trinajstić information content (AvgIpc) is 2.69. The Kier molecular flexibility index (Phi) is 7.87. The average molecular weight is 384 g/mol. The molecule has 0 radical (unpaired) electrons. The van der Waals surface area contributed by atoms with Crippen molar-refractivity contribution in [2.24, 2.45) is 5.10 Å². The van der Waals surface area contributed by atoms with Gasteiger partial charge in [0.2, 0.25) is 0 Å². The highest BCUT2D eigenvalue weighted by molar-refractivity contribution is 5.83. The van der Waals surface area contributed by atoms with E-state index >= 15 is 0 Å².